The molecule has 0 unspecified atom stereocenters. The van der Waals surface area contributed by atoms with Crippen LogP contribution in [0.2, 0.25) is 18.9 Å². The molecule has 0 fully saturated rings. The molecule has 0 aromatic carbocycles. The van der Waals surface area contributed by atoms with Crippen molar-refractivity contribution in [3.05, 3.63) is 12.3 Å². The van der Waals surface area contributed by atoms with Crippen molar-refractivity contribution >= 4 is 8.80 Å². The van der Waals surface area contributed by atoms with E-state index in [1.54, 1.807) is 45.9 Å². The second-order valence-electron chi connectivity index (χ2n) is 7.33. The second-order valence-corrected chi connectivity index (χ2v) is 18.0. The molecule has 0 bridgehead atoms. The van der Waals surface area contributed by atoms with Gasteiger partial charge in [-0.2, -0.15) is 0 Å². The van der Waals surface area contributed by atoms with E-state index in [9.17, 15) is 0 Å². The fraction of sp³-hybridized carbons (Fsp3) is 0.905. The molecule has 0 saturated heterocycles. The summed E-state index contributed by atoms with van der Waals surface area (Å²) in [6, 6.07) is 0. The van der Waals surface area contributed by atoms with Crippen LogP contribution in [-0.4, -0.2) is 30.1 Å². The van der Waals surface area contributed by atoms with E-state index in [-0.39, 0.29) is 0 Å². The van der Waals surface area contributed by atoms with Gasteiger partial charge in [0.05, 0.1) is 0 Å². The van der Waals surface area contributed by atoms with Crippen molar-refractivity contribution in [1.29, 1.82) is 0 Å². The first kappa shape index (κ1) is 28.8. The molecule has 158 valence electrons. The Labute approximate surface area is 170 Å². The van der Waals surface area contributed by atoms with Crippen LogP contribution in [0.1, 0.15) is 79.1 Å². The van der Waals surface area contributed by atoms with Gasteiger partial charge >= 0.3 is 123 Å². The predicted octanol–water partition coefficient (Wildman–Crippen LogP) is 7.60. The van der Waals surface area contributed by atoms with Crippen LogP contribution in [0.25, 0.3) is 0 Å². The zero-order valence-electron chi connectivity index (χ0n) is 19.0. The summed E-state index contributed by atoms with van der Waals surface area (Å²) in [5, 5.41) is 0. The standard InChI is InChI=1S/C5H12O3Si.4C4H9.Ti/c1-5-9(6-2,7-3)8-4;4*1-3-4-2;/h5H,1H2,2-4H3;4*1,3-4H2,2H3;. The van der Waals surface area contributed by atoms with Crippen molar-refractivity contribution in [2.24, 2.45) is 0 Å². The van der Waals surface area contributed by atoms with Crippen molar-refractivity contribution in [2.75, 3.05) is 21.3 Å². The fourth-order valence-corrected chi connectivity index (χ4v) is 13.7. The van der Waals surface area contributed by atoms with Crippen LogP contribution in [0, 0.1) is 0 Å². The molecule has 0 aliphatic carbocycles. The molecular weight excluding hydrogens is 376 g/mol. The first-order chi connectivity index (χ1) is 12.5. The van der Waals surface area contributed by atoms with Crippen molar-refractivity contribution in [2.45, 2.75) is 98.0 Å². The van der Waals surface area contributed by atoms with E-state index in [0.717, 1.165) is 0 Å². The molecule has 0 amide bonds. The third-order valence-electron chi connectivity index (χ3n) is 5.35. The van der Waals surface area contributed by atoms with Gasteiger partial charge in [0.2, 0.25) is 0 Å². The van der Waals surface area contributed by atoms with E-state index in [1.807, 2.05) is 0 Å². The second kappa shape index (κ2) is 18.9. The summed E-state index contributed by atoms with van der Waals surface area (Å²) in [4.78, 5) is 0. The maximum absolute atomic E-state index is 4.96. The van der Waals surface area contributed by atoms with Crippen molar-refractivity contribution in [3.63, 3.8) is 0 Å². The first-order valence-electron chi connectivity index (χ1n) is 10.8. The molecule has 0 heterocycles. The van der Waals surface area contributed by atoms with Crippen LogP contribution >= 0.6 is 0 Å². The molecule has 0 aromatic rings. The van der Waals surface area contributed by atoms with Gasteiger partial charge in [-0.3, -0.25) is 0 Å². The Hall–Kier alpha value is 0.551. The summed E-state index contributed by atoms with van der Waals surface area (Å²) in [5.41, 5.74) is 1.58. The summed E-state index contributed by atoms with van der Waals surface area (Å²) in [7, 11) is 2.20. The topological polar surface area (TPSA) is 27.7 Å². The van der Waals surface area contributed by atoms with Gasteiger partial charge in [-0.25, -0.2) is 0 Å². The monoisotopic (exact) mass is 424 g/mol. The average Bonchev–Trinajstić information content (AvgIpc) is 2.69. The van der Waals surface area contributed by atoms with Crippen LogP contribution in [-0.2, 0) is 29.9 Å². The maximum atomic E-state index is 4.96. The SMILES string of the molecule is C=C[Si](OC)(OC)OC.CCC[CH2][Ti]([CH2]CCC)([CH2]CCC)[CH2]CCC. The molecule has 0 atom stereocenters. The molecule has 0 spiro atoms. The summed E-state index contributed by atoms with van der Waals surface area (Å²) in [5.74, 6) is 0. The van der Waals surface area contributed by atoms with Gasteiger partial charge in [0.25, 0.3) is 0 Å². The quantitative estimate of drug-likeness (QED) is 0.239. The van der Waals surface area contributed by atoms with Crippen LogP contribution < -0.4 is 0 Å². The summed E-state index contributed by atoms with van der Waals surface area (Å²) >= 11 is -1.43. The Kier molecular flexibility index (Phi) is 20.9. The van der Waals surface area contributed by atoms with Gasteiger partial charge in [-0.1, -0.05) is 6.58 Å². The van der Waals surface area contributed by atoms with Crippen LogP contribution in [0.4, 0.5) is 0 Å². The molecule has 0 saturated carbocycles. The van der Waals surface area contributed by atoms with E-state index in [4.69, 9.17) is 13.3 Å². The fourth-order valence-electron chi connectivity index (χ4n) is 3.46. The molecular formula is C21H48O3SiTi. The van der Waals surface area contributed by atoms with E-state index in [0.29, 0.717) is 0 Å². The first-order valence-corrected chi connectivity index (χ1v) is 17.0. The Morgan fingerprint density at radius 1 is 0.654 bits per heavy atom. The summed E-state index contributed by atoms with van der Waals surface area (Å²) in [6.45, 7) is 13.0. The normalized spacial score (nSPS) is 11.8. The molecule has 0 aliphatic heterocycles. The Morgan fingerprint density at radius 2 is 0.923 bits per heavy atom. The van der Waals surface area contributed by atoms with Crippen molar-refractivity contribution in [3.8, 4) is 0 Å². The molecule has 0 aliphatic rings. The van der Waals surface area contributed by atoms with E-state index in [1.165, 1.54) is 51.4 Å². The molecule has 0 radical (unpaired) electrons. The number of unbranched alkanes of at least 4 members (excludes halogenated alkanes) is 4. The predicted molar refractivity (Wildman–Crippen MR) is 116 cm³/mol. The van der Waals surface area contributed by atoms with Gasteiger partial charge < -0.3 is 13.3 Å². The minimum absolute atomic E-state index is 1.41. The van der Waals surface area contributed by atoms with Gasteiger partial charge in [0.1, 0.15) is 0 Å². The third kappa shape index (κ3) is 12.9. The van der Waals surface area contributed by atoms with Gasteiger partial charge in [0, 0.05) is 21.3 Å². The Bertz CT molecular complexity index is 264. The van der Waals surface area contributed by atoms with Gasteiger partial charge in [-0.05, 0) is 5.70 Å². The summed E-state index contributed by atoms with van der Waals surface area (Å²) in [6.07, 6.45) is 11.8. The molecule has 3 nitrogen and oxygen atoms in total. The zero-order valence-corrected chi connectivity index (χ0v) is 21.6. The Morgan fingerprint density at radius 3 is 1.04 bits per heavy atom. The van der Waals surface area contributed by atoms with Crippen LogP contribution in [0.3, 0.4) is 0 Å². The molecule has 0 rings (SSSR count). The molecule has 0 N–H and O–H groups in total. The third-order valence-corrected chi connectivity index (χ3v) is 16.4. The van der Waals surface area contributed by atoms with Gasteiger partial charge in [0.15, 0.2) is 0 Å². The molecule has 5 heteroatoms. The van der Waals surface area contributed by atoms with Gasteiger partial charge in [-0.15, -0.1) is 0 Å². The number of hydrogen-bond donors (Lipinski definition) is 0. The minimum atomic E-state index is -2.43. The van der Waals surface area contributed by atoms with E-state index < -0.39 is 25.4 Å². The summed E-state index contributed by atoms with van der Waals surface area (Å²) < 4.78 is 21.6. The molecule has 0 aromatic heterocycles. The zero-order chi connectivity index (χ0) is 20.3. The van der Waals surface area contributed by atoms with E-state index >= 15 is 0 Å². The van der Waals surface area contributed by atoms with Crippen molar-refractivity contribution in [1.82, 2.24) is 0 Å². The van der Waals surface area contributed by atoms with Crippen LogP contribution in [0.5, 0.6) is 0 Å². The van der Waals surface area contributed by atoms with Crippen molar-refractivity contribution < 1.29 is 29.9 Å². The number of rotatable bonds is 16. The average molecular weight is 425 g/mol. The van der Waals surface area contributed by atoms with Crippen LogP contribution in [0.15, 0.2) is 12.3 Å². The van der Waals surface area contributed by atoms with E-state index in [2.05, 4.69) is 34.3 Å². The Balaban J connectivity index is 0. The molecule has 26 heavy (non-hydrogen) atoms. The number of hydrogen-bond acceptors (Lipinski definition) is 3.